The van der Waals surface area contributed by atoms with Crippen LogP contribution in [0.5, 0.6) is 5.75 Å². The van der Waals surface area contributed by atoms with Crippen LogP contribution in [0.25, 0.3) is 0 Å². The fourth-order valence-electron chi connectivity index (χ4n) is 2.95. The van der Waals surface area contributed by atoms with Gasteiger partial charge in [-0.25, -0.2) is 4.39 Å². The number of anilines is 1. The second kappa shape index (κ2) is 3.12. The van der Waals surface area contributed by atoms with Gasteiger partial charge in [0.25, 0.3) is 0 Å². The van der Waals surface area contributed by atoms with Crippen molar-refractivity contribution in [1.82, 2.24) is 0 Å². The summed E-state index contributed by atoms with van der Waals surface area (Å²) in [6, 6.07) is 3.80. The Morgan fingerprint density at radius 1 is 1.40 bits per heavy atom. The van der Waals surface area contributed by atoms with Crippen LogP contribution in [-0.4, -0.2) is 13.2 Å². The molecule has 1 aromatic carbocycles. The van der Waals surface area contributed by atoms with Crippen molar-refractivity contribution in [1.29, 1.82) is 0 Å². The van der Waals surface area contributed by atoms with Crippen molar-refractivity contribution in [2.45, 2.75) is 31.2 Å². The number of rotatable bonds is 1. The van der Waals surface area contributed by atoms with Gasteiger partial charge in [0.05, 0.1) is 7.11 Å². The molecule has 2 atom stereocenters. The molecule has 1 aromatic rings. The molecule has 3 rings (SSSR count). The summed E-state index contributed by atoms with van der Waals surface area (Å²) >= 11 is 0. The largest absolute Gasteiger partial charge is 0.493 e. The molecule has 0 aromatic heterocycles. The molecule has 3 heteroatoms. The van der Waals surface area contributed by atoms with Gasteiger partial charge < -0.3 is 10.1 Å². The summed E-state index contributed by atoms with van der Waals surface area (Å²) in [6.07, 6.45) is 3.55. The van der Waals surface area contributed by atoms with E-state index in [2.05, 4.69) is 5.32 Å². The van der Waals surface area contributed by atoms with E-state index >= 15 is 0 Å². The fraction of sp³-hybridized carbons (Fsp3) is 0.500. The van der Waals surface area contributed by atoms with Gasteiger partial charge >= 0.3 is 0 Å². The van der Waals surface area contributed by atoms with E-state index in [9.17, 15) is 4.39 Å². The lowest BCUT2D eigenvalue weighted by atomic mass is 9.96. The van der Waals surface area contributed by atoms with Crippen molar-refractivity contribution in [2.24, 2.45) is 0 Å². The van der Waals surface area contributed by atoms with Crippen LogP contribution in [-0.2, 0) is 0 Å². The van der Waals surface area contributed by atoms with Crippen molar-refractivity contribution in [2.75, 3.05) is 12.4 Å². The molecule has 0 amide bonds. The summed E-state index contributed by atoms with van der Waals surface area (Å²) < 4.78 is 18.7. The molecule has 0 radical (unpaired) electrons. The Labute approximate surface area is 88.4 Å². The van der Waals surface area contributed by atoms with E-state index in [1.165, 1.54) is 18.9 Å². The highest BCUT2D eigenvalue weighted by molar-refractivity contribution is 5.65. The fourth-order valence-corrected chi connectivity index (χ4v) is 2.95. The Morgan fingerprint density at radius 3 is 3.07 bits per heavy atom. The maximum absolute atomic E-state index is 13.5. The number of methoxy groups -OCH3 is 1. The zero-order valence-corrected chi connectivity index (χ0v) is 8.72. The zero-order valence-electron chi connectivity index (χ0n) is 8.72. The van der Waals surface area contributed by atoms with Crippen molar-refractivity contribution >= 4 is 5.69 Å². The quantitative estimate of drug-likeness (QED) is 0.764. The molecule has 2 unspecified atom stereocenters. The highest BCUT2D eigenvalue weighted by atomic mass is 19.1. The number of ether oxygens (including phenoxy) is 1. The van der Waals surface area contributed by atoms with E-state index in [0.717, 1.165) is 17.7 Å². The normalized spacial score (nSPS) is 27.1. The molecule has 1 fully saturated rings. The van der Waals surface area contributed by atoms with Gasteiger partial charge in [-0.1, -0.05) is 6.42 Å². The first kappa shape index (κ1) is 9.01. The van der Waals surface area contributed by atoms with E-state index in [1.54, 1.807) is 7.11 Å². The van der Waals surface area contributed by atoms with E-state index in [0.29, 0.717) is 17.7 Å². The van der Waals surface area contributed by atoms with Gasteiger partial charge in [-0.3, -0.25) is 0 Å². The minimum Gasteiger partial charge on any atom is -0.493 e. The Morgan fingerprint density at radius 2 is 2.27 bits per heavy atom. The molecule has 1 aliphatic heterocycles. The predicted octanol–water partition coefficient (Wildman–Crippen LogP) is 2.90. The first-order valence-corrected chi connectivity index (χ1v) is 5.44. The molecule has 15 heavy (non-hydrogen) atoms. The van der Waals surface area contributed by atoms with Crippen LogP contribution >= 0.6 is 0 Å². The Kier molecular flexibility index (Phi) is 1.87. The number of hydrogen-bond donors (Lipinski definition) is 1. The first-order chi connectivity index (χ1) is 7.31. The SMILES string of the molecule is COc1c(F)ccc2c1C1CCCC1N2. The van der Waals surface area contributed by atoms with E-state index in [1.807, 2.05) is 6.07 Å². The minimum absolute atomic E-state index is 0.245. The summed E-state index contributed by atoms with van der Waals surface area (Å²) in [4.78, 5) is 0. The first-order valence-electron chi connectivity index (χ1n) is 5.44. The van der Waals surface area contributed by atoms with Gasteiger partial charge in [0.2, 0.25) is 0 Å². The van der Waals surface area contributed by atoms with Crippen LogP contribution in [0.1, 0.15) is 30.7 Å². The van der Waals surface area contributed by atoms with Gasteiger partial charge in [0.15, 0.2) is 11.6 Å². The summed E-state index contributed by atoms with van der Waals surface area (Å²) in [5, 5.41) is 3.45. The van der Waals surface area contributed by atoms with Crippen LogP contribution in [0, 0.1) is 5.82 Å². The number of nitrogens with one attached hydrogen (secondary N) is 1. The highest BCUT2D eigenvalue weighted by Gasteiger charge is 2.38. The second-order valence-electron chi connectivity index (χ2n) is 4.33. The lowest BCUT2D eigenvalue weighted by Crippen LogP contribution is -2.13. The van der Waals surface area contributed by atoms with Crippen molar-refractivity contribution < 1.29 is 9.13 Å². The van der Waals surface area contributed by atoms with Crippen molar-refractivity contribution in [3.63, 3.8) is 0 Å². The van der Waals surface area contributed by atoms with Crippen molar-refractivity contribution in [3.8, 4) is 5.75 Å². The van der Waals surface area contributed by atoms with Crippen LogP contribution < -0.4 is 10.1 Å². The standard InChI is InChI=1S/C12H14FNO/c1-15-12-8(13)5-6-10-11(12)7-3-2-4-9(7)14-10/h5-7,9,14H,2-4H2,1H3. The zero-order chi connectivity index (χ0) is 10.4. The number of halogens is 1. The third kappa shape index (κ3) is 1.15. The summed E-state index contributed by atoms with van der Waals surface area (Å²) in [6.45, 7) is 0. The lowest BCUT2D eigenvalue weighted by Gasteiger charge is -2.12. The van der Waals surface area contributed by atoms with Crippen LogP contribution in [0.3, 0.4) is 0 Å². The van der Waals surface area contributed by atoms with Gasteiger partial charge in [-0.2, -0.15) is 0 Å². The number of fused-ring (bicyclic) bond motifs is 3. The Hall–Kier alpha value is -1.25. The average Bonchev–Trinajstić information content (AvgIpc) is 2.78. The highest BCUT2D eigenvalue weighted by Crippen LogP contribution is 2.49. The van der Waals surface area contributed by atoms with Crippen LogP contribution in [0.4, 0.5) is 10.1 Å². The average molecular weight is 207 g/mol. The third-order valence-corrected chi connectivity index (χ3v) is 3.58. The molecule has 0 bridgehead atoms. The van der Waals surface area contributed by atoms with Gasteiger partial charge in [-0.05, 0) is 25.0 Å². The molecule has 1 aliphatic carbocycles. The van der Waals surface area contributed by atoms with Crippen LogP contribution in [0.2, 0.25) is 0 Å². The van der Waals surface area contributed by atoms with Crippen LogP contribution in [0.15, 0.2) is 12.1 Å². The second-order valence-corrected chi connectivity index (χ2v) is 4.33. The topological polar surface area (TPSA) is 21.3 Å². The van der Waals surface area contributed by atoms with Crippen molar-refractivity contribution in [3.05, 3.63) is 23.5 Å². The molecule has 2 aliphatic rings. The smallest absolute Gasteiger partial charge is 0.165 e. The summed E-state index contributed by atoms with van der Waals surface area (Å²) in [5.74, 6) is 0.644. The lowest BCUT2D eigenvalue weighted by molar-refractivity contribution is 0.379. The molecule has 80 valence electrons. The monoisotopic (exact) mass is 207 g/mol. The third-order valence-electron chi connectivity index (χ3n) is 3.58. The molecule has 1 heterocycles. The molecule has 1 N–H and O–H groups in total. The maximum Gasteiger partial charge on any atom is 0.165 e. The van der Waals surface area contributed by atoms with Gasteiger partial charge in [0, 0.05) is 23.2 Å². The summed E-state index contributed by atoms with van der Waals surface area (Å²) in [7, 11) is 1.54. The predicted molar refractivity (Wildman–Crippen MR) is 57.0 cm³/mol. The molecular weight excluding hydrogens is 193 g/mol. The maximum atomic E-state index is 13.5. The number of benzene rings is 1. The molecule has 0 spiro atoms. The van der Waals surface area contributed by atoms with Gasteiger partial charge in [0.1, 0.15) is 0 Å². The molecule has 1 saturated carbocycles. The van der Waals surface area contributed by atoms with Gasteiger partial charge in [-0.15, -0.1) is 0 Å². The van der Waals surface area contributed by atoms with E-state index in [-0.39, 0.29) is 5.82 Å². The molecule has 0 saturated heterocycles. The number of hydrogen-bond acceptors (Lipinski definition) is 2. The molecule has 2 nitrogen and oxygen atoms in total. The molecular formula is C12H14FNO. The Bertz CT molecular complexity index is 405. The minimum atomic E-state index is -0.245. The summed E-state index contributed by atoms with van der Waals surface area (Å²) in [5.41, 5.74) is 2.11. The Balaban J connectivity index is 2.15. The van der Waals surface area contributed by atoms with E-state index < -0.39 is 0 Å². The van der Waals surface area contributed by atoms with E-state index in [4.69, 9.17) is 4.74 Å².